The number of nitrogens with zero attached hydrogens (tertiary/aromatic N) is 1. The van der Waals surface area contributed by atoms with Gasteiger partial charge in [-0.25, -0.2) is 0 Å². The maximum absolute atomic E-state index is 11.3. The zero-order valence-electron chi connectivity index (χ0n) is 6.10. The van der Waals surface area contributed by atoms with Gasteiger partial charge in [-0.3, -0.25) is 4.79 Å². The number of likely N-dealkylation sites (tertiary alicyclic amines) is 1. The van der Waals surface area contributed by atoms with Gasteiger partial charge < -0.3 is 4.90 Å². The van der Waals surface area contributed by atoms with Crippen LogP contribution in [0.3, 0.4) is 0 Å². The van der Waals surface area contributed by atoms with Crippen LogP contribution in [0.25, 0.3) is 0 Å². The molecular weight excluding hydrogens is 126 g/mol. The molecule has 1 saturated heterocycles. The number of hydrogen-bond acceptors (Lipinski definition) is 1. The molecule has 2 nitrogen and oxygen atoms in total. The second-order valence-corrected chi connectivity index (χ2v) is 3.10. The fourth-order valence-electron chi connectivity index (χ4n) is 1.42. The van der Waals surface area contributed by atoms with Gasteiger partial charge in [0.15, 0.2) is 0 Å². The summed E-state index contributed by atoms with van der Waals surface area (Å²) in [6.07, 6.45) is 4.54. The lowest BCUT2D eigenvalue weighted by Gasteiger charge is -2.13. The van der Waals surface area contributed by atoms with E-state index in [2.05, 4.69) is 0 Å². The van der Waals surface area contributed by atoms with Gasteiger partial charge in [-0.15, -0.1) is 0 Å². The Morgan fingerprint density at radius 2 is 1.80 bits per heavy atom. The molecule has 55 valence electrons. The molecule has 1 radical (unpaired) electrons. The summed E-state index contributed by atoms with van der Waals surface area (Å²) in [5.41, 5.74) is 0. The Kier molecular flexibility index (Phi) is 1.40. The van der Waals surface area contributed by atoms with Gasteiger partial charge in [0.25, 0.3) is 0 Å². The molecule has 2 rings (SSSR count). The molecule has 0 atom stereocenters. The highest BCUT2D eigenvalue weighted by Crippen LogP contribution is 2.34. The first-order chi connectivity index (χ1) is 4.88. The van der Waals surface area contributed by atoms with Crippen LogP contribution in [-0.4, -0.2) is 23.9 Å². The van der Waals surface area contributed by atoms with Gasteiger partial charge in [0.2, 0.25) is 5.91 Å². The molecule has 1 aliphatic carbocycles. The zero-order valence-corrected chi connectivity index (χ0v) is 6.10. The second kappa shape index (κ2) is 2.26. The van der Waals surface area contributed by atoms with Crippen LogP contribution in [-0.2, 0) is 4.79 Å². The van der Waals surface area contributed by atoms with Crippen molar-refractivity contribution in [2.24, 2.45) is 0 Å². The third kappa shape index (κ3) is 1.02. The van der Waals surface area contributed by atoms with Crippen LogP contribution in [0.1, 0.15) is 25.7 Å². The van der Waals surface area contributed by atoms with Gasteiger partial charge >= 0.3 is 0 Å². The van der Waals surface area contributed by atoms with Crippen molar-refractivity contribution in [3.05, 3.63) is 5.92 Å². The number of rotatable bonds is 1. The molecular formula is C8H12NO. The van der Waals surface area contributed by atoms with Gasteiger partial charge in [0, 0.05) is 13.1 Å². The standard InChI is InChI=1S/C8H12NO/c10-8(7-3-4-7)9-5-1-2-6-9/h1-6H2. The Balaban J connectivity index is 1.90. The first kappa shape index (κ1) is 6.20. The van der Waals surface area contributed by atoms with E-state index >= 15 is 0 Å². The summed E-state index contributed by atoms with van der Waals surface area (Å²) < 4.78 is 0. The Bertz CT molecular complexity index is 145. The van der Waals surface area contributed by atoms with Crippen LogP contribution < -0.4 is 0 Å². The molecule has 0 N–H and O–H groups in total. The maximum Gasteiger partial charge on any atom is 0.229 e. The lowest BCUT2D eigenvalue weighted by Crippen LogP contribution is -2.28. The predicted octanol–water partition coefficient (Wildman–Crippen LogP) is 0.977. The van der Waals surface area contributed by atoms with Crippen LogP contribution in [0.4, 0.5) is 0 Å². The molecule has 2 heteroatoms. The number of carbonyl (C=O) groups is 1. The summed E-state index contributed by atoms with van der Waals surface area (Å²) in [6.45, 7) is 2.00. The molecule has 1 saturated carbocycles. The van der Waals surface area contributed by atoms with Crippen molar-refractivity contribution in [2.45, 2.75) is 25.7 Å². The molecule has 0 aromatic heterocycles. The maximum atomic E-state index is 11.3. The van der Waals surface area contributed by atoms with Gasteiger partial charge in [-0.1, -0.05) is 0 Å². The van der Waals surface area contributed by atoms with Crippen molar-refractivity contribution in [3.63, 3.8) is 0 Å². The first-order valence-electron chi connectivity index (χ1n) is 4.02. The number of hydrogen-bond donors (Lipinski definition) is 0. The highest BCUT2D eigenvalue weighted by atomic mass is 16.2. The van der Waals surface area contributed by atoms with E-state index in [1.165, 1.54) is 12.8 Å². The highest BCUT2D eigenvalue weighted by molar-refractivity contribution is 5.93. The van der Waals surface area contributed by atoms with Crippen molar-refractivity contribution < 1.29 is 4.79 Å². The Morgan fingerprint density at radius 1 is 1.20 bits per heavy atom. The minimum absolute atomic E-state index is 0.345. The summed E-state index contributed by atoms with van der Waals surface area (Å²) in [5.74, 6) is 1.50. The van der Waals surface area contributed by atoms with Crippen LogP contribution in [0.15, 0.2) is 0 Å². The molecule has 10 heavy (non-hydrogen) atoms. The molecule has 0 unspecified atom stereocenters. The quantitative estimate of drug-likeness (QED) is 0.529. The van der Waals surface area contributed by atoms with Crippen LogP contribution in [0.5, 0.6) is 0 Å². The van der Waals surface area contributed by atoms with E-state index in [1.54, 1.807) is 0 Å². The topological polar surface area (TPSA) is 20.3 Å². The third-order valence-electron chi connectivity index (χ3n) is 2.20. The molecule has 0 spiro atoms. The monoisotopic (exact) mass is 138 g/mol. The van der Waals surface area contributed by atoms with Crippen LogP contribution in [0.2, 0.25) is 0 Å². The Morgan fingerprint density at radius 3 is 2.30 bits per heavy atom. The number of carbonyl (C=O) groups excluding carboxylic acids is 1. The average molecular weight is 138 g/mol. The molecule has 1 heterocycles. The van der Waals surface area contributed by atoms with E-state index in [9.17, 15) is 4.79 Å². The highest BCUT2D eigenvalue weighted by Gasteiger charge is 2.34. The van der Waals surface area contributed by atoms with E-state index in [-0.39, 0.29) is 0 Å². The van der Waals surface area contributed by atoms with Crippen molar-refractivity contribution >= 4 is 5.91 Å². The summed E-state index contributed by atoms with van der Waals surface area (Å²) in [4.78, 5) is 13.3. The van der Waals surface area contributed by atoms with Gasteiger partial charge in [0.05, 0.1) is 5.92 Å². The lowest BCUT2D eigenvalue weighted by molar-refractivity contribution is -0.127. The third-order valence-corrected chi connectivity index (χ3v) is 2.20. The lowest BCUT2D eigenvalue weighted by atomic mass is 10.3. The summed E-state index contributed by atoms with van der Waals surface area (Å²) in [7, 11) is 0. The van der Waals surface area contributed by atoms with Gasteiger partial charge in [0.1, 0.15) is 0 Å². The molecule has 0 aromatic carbocycles. The largest absolute Gasteiger partial charge is 0.342 e. The summed E-state index contributed by atoms with van der Waals surface area (Å²) in [6, 6.07) is 0. The van der Waals surface area contributed by atoms with Crippen LogP contribution >= 0.6 is 0 Å². The molecule has 1 amide bonds. The summed E-state index contributed by atoms with van der Waals surface area (Å²) >= 11 is 0. The van der Waals surface area contributed by atoms with Gasteiger partial charge in [-0.05, 0) is 25.7 Å². The van der Waals surface area contributed by atoms with Crippen molar-refractivity contribution in [1.29, 1.82) is 0 Å². The average Bonchev–Trinajstić information content (AvgIpc) is 2.65. The van der Waals surface area contributed by atoms with E-state index in [1.807, 2.05) is 4.90 Å². The predicted molar refractivity (Wildman–Crippen MR) is 38.3 cm³/mol. The number of amides is 1. The first-order valence-corrected chi connectivity index (χ1v) is 4.02. The molecule has 1 aliphatic heterocycles. The SMILES string of the molecule is O=C([C]1CC1)N1CCCC1. The van der Waals surface area contributed by atoms with E-state index in [4.69, 9.17) is 0 Å². The minimum Gasteiger partial charge on any atom is -0.342 e. The Labute approximate surface area is 61.2 Å². The van der Waals surface area contributed by atoms with Crippen LogP contribution in [0, 0.1) is 5.92 Å². The molecule has 0 bridgehead atoms. The van der Waals surface area contributed by atoms with E-state index < -0.39 is 0 Å². The van der Waals surface area contributed by atoms with E-state index in [0.717, 1.165) is 31.8 Å². The molecule has 2 aliphatic rings. The van der Waals surface area contributed by atoms with E-state index in [0.29, 0.717) is 5.91 Å². The van der Waals surface area contributed by atoms with Crippen molar-refractivity contribution in [2.75, 3.05) is 13.1 Å². The molecule has 0 aromatic rings. The normalized spacial score (nSPS) is 25.4. The van der Waals surface area contributed by atoms with Gasteiger partial charge in [-0.2, -0.15) is 0 Å². The molecule has 2 fully saturated rings. The minimum atomic E-state index is 0.345. The second-order valence-electron chi connectivity index (χ2n) is 3.10. The van der Waals surface area contributed by atoms with Crippen molar-refractivity contribution in [1.82, 2.24) is 4.90 Å². The smallest absolute Gasteiger partial charge is 0.229 e. The Hall–Kier alpha value is -0.530. The fraction of sp³-hybridized carbons (Fsp3) is 0.750. The van der Waals surface area contributed by atoms with Crippen molar-refractivity contribution in [3.8, 4) is 0 Å². The summed E-state index contributed by atoms with van der Waals surface area (Å²) in [5, 5.41) is 0. The fourth-order valence-corrected chi connectivity index (χ4v) is 1.42. The zero-order chi connectivity index (χ0) is 6.97.